The molecule has 1 rings (SSSR count). The third-order valence-electron chi connectivity index (χ3n) is 2.58. The Morgan fingerprint density at radius 3 is 2.42 bits per heavy atom. The van der Waals surface area contributed by atoms with Crippen LogP contribution in [-0.4, -0.2) is 32.5 Å². The molecule has 0 aliphatic heterocycles. The molecular formula is C13H19NO4S. The average molecular weight is 285 g/mol. The third kappa shape index (κ3) is 5.40. The van der Waals surface area contributed by atoms with Gasteiger partial charge in [-0.25, -0.2) is 8.42 Å². The summed E-state index contributed by atoms with van der Waals surface area (Å²) in [7, 11) is -3.56. The van der Waals surface area contributed by atoms with Gasteiger partial charge in [-0.15, -0.1) is 0 Å². The van der Waals surface area contributed by atoms with Crippen molar-refractivity contribution in [2.75, 3.05) is 18.1 Å². The Morgan fingerprint density at radius 2 is 1.89 bits per heavy atom. The molecule has 0 saturated heterocycles. The first-order chi connectivity index (χ1) is 8.84. The van der Waals surface area contributed by atoms with E-state index in [2.05, 4.69) is 4.74 Å². The second-order valence-electron chi connectivity index (χ2n) is 4.38. The van der Waals surface area contributed by atoms with Gasteiger partial charge < -0.3 is 10.5 Å². The topological polar surface area (TPSA) is 86.5 Å². The number of hydrogen-bond donors (Lipinski definition) is 1. The lowest BCUT2D eigenvalue weighted by atomic mass is 10.1. The first-order valence-corrected chi connectivity index (χ1v) is 7.84. The third-order valence-corrected chi connectivity index (χ3v) is 4.12. The Bertz CT molecular complexity index is 522. The Hall–Kier alpha value is -1.40. The zero-order valence-corrected chi connectivity index (χ0v) is 11.9. The predicted octanol–water partition coefficient (Wildman–Crippen LogP) is 0.973. The van der Waals surface area contributed by atoms with Gasteiger partial charge in [0.15, 0.2) is 9.84 Å². The number of carbonyl (C=O) groups excluding carboxylic acids is 1. The van der Waals surface area contributed by atoms with Gasteiger partial charge in [0.05, 0.1) is 12.4 Å². The van der Waals surface area contributed by atoms with Crippen LogP contribution in [0.3, 0.4) is 0 Å². The smallest absolute Gasteiger partial charge is 0.321 e. The summed E-state index contributed by atoms with van der Waals surface area (Å²) in [6, 6.07) is 6.68. The molecule has 0 heterocycles. The van der Waals surface area contributed by atoms with Gasteiger partial charge in [0, 0.05) is 6.04 Å². The second-order valence-corrected chi connectivity index (χ2v) is 6.49. The van der Waals surface area contributed by atoms with E-state index in [1.165, 1.54) is 0 Å². The summed E-state index contributed by atoms with van der Waals surface area (Å²) in [6.07, 6.45) is 0. The number of rotatable bonds is 6. The maximum Gasteiger partial charge on any atom is 0.321 e. The molecule has 6 heteroatoms. The molecule has 0 fully saturated rings. The van der Waals surface area contributed by atoms with E-state index in [1.54, 1.807) is 19.1 Å². The number of ether oxygens (including phenoxy) is 1. The van der Waals surface area contributed by atoms with Gasteiger partial charge in [-0.2, -0.15) is 0 Å². The summed E-state index contributed by atoms with van der Waals surface area (Å²) in [6.45, 7) is 3.73. The first kappa shape index (κ1) is 15.7. The Labute approximate surface area is 113 Å². The lowest BCUT2D eigenvalue weighted by molar-refractivity contribution is -0.139. The summed E-state index contributed by atoms with van der Waals surface area (Å²) in [4.78, 5) is 11.2. The van der Waals surface area contributed by atoms with E-state index >= 15 is 0 Å². The monoisotopic (exact) mass is 285 g/mol. The number of carbonyl (C=O) groups is 1. The zero-order valence-electron chi connectivity index (χ0n) is 11.1. The van der Waals surface area contributed by atoms with Crippen molar-refractivity contribution in [1.29, 1.82) is 0 Å². The lowest BCUT2D eigenvalue weighted by Gasteiger charge is -2.12. The van der Waals surface area contributed by atoms with Gasteiger partial charge in [-0.05, 0) is 19.4 Å². The number of benzene rings is 1. The fourth-order valence-corrected chi connectivity index (χ4v) is 2.92. The van der Waals surface area contributed by atoms with E-state index in [0.29, 0.717) is 0 Å². The molecule has 19 heavy (non-hydrogen) atoms. The van der Waals surface area contributed by atoms with Gasteiger partial charge in [0.2, 0.25) is 0 Å². The van der Waals surface area contributed by atoms with Crippen LogP contribution in [0.4, 0.5) is 0 Å². The minimum Gasteiger partial charge on any atom is -0.465 e. The normalized spacial score (nSPS) is 13.0. The Balaban J connectivity index is 2.67. The highest BCUT2D eigenvalue weighted by molar-refractivity contribution is 7.92. The standard InChI is InChI=1S/C13H19NO4S/c1-3-18-13(15)9-19(16,17)8-12(14)11-6-4-10(2)5-7-11/h4-7,12H,3,8-9,14H2,1-2H3. The van der Waals surface area contributed by atoms with Crippen molar-refractivity contribution in [1.82, 2.24) is 0 Å². The fourth-order valence-electron chi connectivity index (χ4n) is 1.62. The minimum atomic E-state index is -3.56. The van der Waals surface area contributed by atoms with Crippen molar-refractivity contribution < 1.29 is 17.9 Å². The number of esters is 1. The summed E-state index contributed by atoms with van der Waals surface area (Å²) < 4.78 is 28.2. The highest BCUT2D eigenvalue weighted by atomic mass is 32.2. The van der Waals surface area contributed by atoms with Crippen molar-refractivity contribution >= 4 is 15.8 Å². The van der Waals surface area contributed by atoms with Gasteiger partial charge >= 0.3 is 5.97 Å². The van der Waals surface area contributed by atoms with Crippen LogP contribution in [0.1, 0.15) is 24.1 Å². The second kappa shape index (κ2) is 6.68. The molecular weight excluding hydrogens is 266 g/mol. The largest absolute Gasteiger partial charge is 0.465 e. The Kier molecular flexibility index (Phi) is 5.50. The van der Waals surface area contributed by atoms with Crippen molar-refractivity contribution in [3.63, 3.8) is 0 Å². The quantitative estimate of drug-likeness (QED) is 0.787. The molecule has 0 spiro atoms. The van der Waals surface area contributed by atoms with E-state index in [-0.39, 0.29) is 12.4 Å². The number of hydrogen-bond acceptors (Lipinski definition) is 5. The number of sulfone groups is 1. The molecule has 0 aliphatic carbocycles. The van der Waals surface area contributed by atoms with Gasteiger partial charge in [0.25, 0.3) is 0 Å². The summed E-state index contributed by atoms with van der Waals surface area (Å²) in [5, 5.41) is 0. The maximum atomic E-state index is 11.8. The van der Waals surface area contributed by atoms with Crippen molar-refractivity contribution in [3.8, 4) is 0 Å². The SMILES string of the molecule is CCOC(=O)CS(=O)(=O)CC(N)c1ccc(C)cc1. The van der Waals surface area contributed by atoms with E-state index < -0.39 is 27.6 Å². The molecule has 0 radical (unpaired) electrons. The predicted molar refractivity (Wildman–Crippen MR) is 73.4 cm³/mol. The highest BCUT2D eigenvalue weighted by Crippen LogP contribution is 2.14. The van der Waals surface area contributed by atoms with E-state index in [9.17, 15) is 13.2 Å². The fraction of sp³-hybridized carbons (Fsp3) is 0.462. The highest BCUT2D eigenvalue weighted by Gasteiger charge is 2.21. The van der Waals surface area contributed by atoms with Crippen molar-refractivity contribution in [2.45, 2.75) is 19.9 Å². The molecule has 0 aromatic heterocycles. The van der Waals surface area contributed by atoms with Crippen LogP contribution in [0.25, 0.3) is 0 Å². The molecule has 1 atom stereocenters. The van der Waals surface area contributed by atoms with E-state index in [1.807, 2.05) is 19.1 Å². The molecule has 2 N–H and O–H groups in total. The van der Waals surface area contributed by atoms with Gasteiger partial charge in [0.1, 0.15) is 5.75 Å². The molecule has 106 valence electrons. The van der Waals surface area contributed by atoms with E-state index in [0.717, 1.165) is 11.1 Å². The Morgan fingerprint density at radius 1 is 1.32 bits per heavy atom. The molecule has 0 aliphatic rings. The lowest BCUT2D eigenvalue weighted by Crippen LogP contribution is -2.27. The minimum absolute atomic E-state index is 0.165. The van der Waals surface area contributed by atoms with Crippen molar-refractivity contribution in [3.05, 3.63) is 35.4 Å². The molecule has 0 amide bonds. The van der Waals surface area contributed by atoms with Crippen LogP contribution in [0.5, 0.6) is 0 Å². The molecule has 0 bridgehead atoms. The van der Waals surface area contributed by atoms with E-state index in [4.69, 9.17) is 5.73 Å². The zero-order chi connectivity index (χ0) is 14.5. The maximum absolute atomic E-state index is 11.8. The van der Waals surface area contributed by atoms with Crippen LogP contribution in [-0.2, 0) is 19.4 Å². The van der Waals surface area contributed by atoms with Gasteiger partial charge in [-0.1, -0.05) is 29.8 Å². The molecule has 0 saturated carbocycles. The van der Waals surface area contributed by atoms with Crippen LogP contribution in [0.15, 0.2) is 24.3 Å². The average Bonchev–Trinajstić information content (AvgIpc) is 2.28. The molecule has 1 unspecified atom stereocenters. The van der Waals surface area contributed by atoms with Crippen LogP contribution in [0.2, 0.25) is 0 Å². The number of aryl methyl sites for hydroxylation is 1. The first-order valence-electron chi connectivity index (χ1n) is 6.02. The van der Waals surface area contributed by atoms with Crippen LogP contribution in [0, 0.1) is 6.92 Å². The van der Waals surface area contributed by atoms with Crippen LogP contribution >= 0.6 is 0 Å². The summed E-state index contributed by atoms with van der Waals surface area (Å²) >= 11 is 0. The van der Waals surface area contributed by atoms with Gasteiger partial charge in [-0.3, -0.25) is 4.79 Å². The summed E-state index contributed by atoms with van der Waals surface area (Å²) in [5.41, 5.74) is 7.66. The molecule has 1 aromatic carbocycles. The molecule has 1 aromatic rings. The molecule has 5 nitrogen and oxygen atoms in total. The summed E-state index contributed by atoms with van der Waals surface area (Å²) in [5.74, 6) is -1.63. The van der Waals surface area contributed by atoms with Crippen molar-refractivity contribution in [2.24, 2.45) is 5.73 Å². The number of nitrogens with two attached hydrogens (primary N) is 1. The van der Waals surface area contributed by atoms with Crippen LogP contribution < -0.4 is 5.73 Å².